The van der Waals surface area contributed by atoms with E-state index in [2.05, 4.69) is 15.5 Å². The molecule has 1 aliphatic rings. The van der Waals surface area contributed by atoms with Crippen molar-refractivity contribution in [3.63, 3.8) is 0 Å². The molecular weight excluding hydrogens is 312 g/mol. The molecule has 9 nitrogen and oxygen atoms in total. The van der Waals surface area contributed by atoms with Gasteiger partial charge in [0.1, 0.15) is 11.6 Å². The molecule has 24 heavy (non-hydrogen) atoms. The van der Waals surface area contributed by atoms with Gasteiger partial charge in [0.15, 0.2) is 0 Å². The van der Waals surface area contributed by atoms with Crippen molar-refractivity contribution in [2.45, 2.75) is 12.5 Å². The van der Waals surface area contributed by atoms with Crippen LogP contribution in [0.25, 0.3) is 0 Å². The van der Waals surface area contributed by atoms with Crippen LogP contribution in [0.15, 0.2) is 27.8 Å². The first-order valence-electron chi connectivity index (χ1n) is 7.66. The molecule has 1 saturated heterocycles. The molecule has 3 rings (SSSR count). The standard InChI is InChI=1S/C15H20N6O3/c1-19-13(8-14(22)20(2)15(19)23)21-7-6-10(9-21)16-11-4-5-12(24-3)18-17-11/h4-5,8,10H,6-7,9H2,1-3H3,(H,16,17)/t10-/m0/s1. The van der Waals surface area contributed by atoms with E-state index >= 15 is 0 Å². The number of methoxy groups -OCH3 is 1. The molecule has 9 heteroatoms. The highest BCUT2D eigenvalue weighted by atomic mass is 16.5. The molecule has 2 aromatic rings. The van der Waals surface area contributed by atoms with E-state index in [1.165, 1.54) is 17.7 Å². The highest BCUT2D eigenvalue weighted by molar-refractivity contribution is 5.43. The quantitative estimate of drug-likeness (QED) is 0.812. The van der Waals surface area contributed by atoms with Crippen molar-refractivity contribution in [1.29, 1.82) is 0 Å². The van der Waals surface area contributed by atoms with Crippen LogP contribution in [0.5, 0.6) is 5.88 Å². The fourth-order valence-electron chi connectivity index (χ4n) is 2.83. The van der Waals surface area contributed by atoms with Crippen molar-refractivity contribution >= 4 is 11.6 Å². The normalized spacial score (nSPS) is 17.1. The topological polar surface area (TPSA) is 94.3 Å². The second-order valence-electron chi connectivity index (χ2n) is 5.78. The number of nitrogens with one attached hydrogen (secondary N) is 1. The Hall–Kier alpha value is -2.84. The lowest BCUT2D eigenvalue weighted by molar-refractivity contribution is 0.392. The van der Waals surface area contributed by atoms with Gasteiger partial charge >= 0.3 is 5.69 Å². The molecular formula is C15H20N6O3. The number of anilines is 2. The van der Waals surface area contributed by atoms with Crippen molar-refractivity contribution in [2.75, 3.05) is 30.4 Å². The van der Waals surface area contributed by atoms with E-state index in [-0.39, 0.29) is 17.3 Å². The monoisotopic (exact) mass is 332 g/mol. The van der Waals surface area contributed by atoms with Crippen LogP contribution in [-0.2, 0) is 14.1 Å². The predicted octanol–water partition coefficient (Wildman–Crippen LogP) is -0.427. The molecule has 0 bridgehead atoms. The van der Waals surface area contributed by atoms with Crippen molar-refractivity contribution in [3.8, 4) is 5.88 Å². The Labute approximate surface area is 138 Å². The molecule has 3 heterocycles. The summed E-state index contributed by atoms with van der Waals surface area (Å²) in [6, 6.07) is 5.21. The Kier molecular flexibility index (Phi) is 4.24. The Balaban J connectivity index is 1.73. The Bertz CT molecular complexity index is 842. The summed E-state index contributed by atoms with van der Waals surface area (Å²) in [4.78, 5) is 26.0. The molecule has 0 unspecified atom stereocenters. The maximum atomic E-state index is 12.1. The summed E-state index contributed by atoms with van der Waals surface area (Å²) in [5, 5.41) is 11.3. The Morgan fingerprint density at radius 2 is 2.00 bits per heavy atom. The molecule has 1 aliphatic heterocycles. The van der Waals surface area contributed by atoms with Crippen LogP contribution >= 0.6 is 0 Å². The fraction of sp³-hybridized carbons (Fsp3) is 0.467. The number of nitrogens with zero attached hydrogens (tertiary/aromatic N) is 5. The molecule has 0 amide bonds. The van der Waals surface area contributed by atoms with E-state index in [0.717, 1.165) is 17.5 Å². The Morgan fingerprint density at radius 1 is 1.21 bits per heavy atom. The van der Waals surface area contributed by atoms with E-state index in [1.807, 2.05) is 11.0 Å². The van der Waals surface area contributed by atoms with Gasteiger partial charge in [-0.05, 0) is 12.5 Å². The molecule has 0 radical (unpaired) electrons. The van der Waals surface area contributed by atoms with Crippen LogP contribution in [0.2, 0.25) is 0 Å². The summed E-state index contributed by atoms with van der Waals surface area (Å²) in [6.45, 7) is 1.43. The number of hydrogen-bond acceptors (Lipinski definition) is 7. The molecule has 0 aromatic carbocycles. The third kappa shape index (κ3) is 2.97. The van der Waals surface area contributed by atoms with Gasteiger partial charge in [-0.1, -0.05) is 0 Å². The minimum absolute atomic E-state index is 0.159. The molecule has 0 aliphatic carbocycles. The van der Waals surface area contributed by atoms with Crippen molar-refractivity contribution in [1.82, 2.24) is 19.3 Å². The first-order chi connectivity index (χ1) is 11.5. The highest BCUT2D eigenvalue weighted by Gasteiger charge is 2.25. The molecule has 0 spiro atoms. The first-order valence-corrected chi connectivity index (χ1v) is 7.66. The summed E-state index contributed by atoms with van der Waals surface area (Å²) in [6.07, 6.45) is 0.872. The summed E-state index contributed by atoms with van der Waals surface area (Å²) in [5.74, 6) is 1.76. The number of ether oxygens (including phenoxy) is 1. The van der Waals surface area contributed by atoms with Gasteiger partial charge in [-0.3, -0.25) is 13.9 Å². The fourth-order valence-corrected chi connectivity index (χ4v) is 2.83. The summed E-state index contributed by atoms with van der Waals surface area (Å²) in [7, 11) is 4.69. The van der Waals surface area contributed by atoms with Crippen LogP contribution in [0.1, 0.15) is 6.42 Å². The van der Waals surface area contributed by atoms with E-state index < -0.39 is 0 Å². The zero-order chi connectivity index (χ0) is 17.3. The van der Waals surface area contributed by atoms with Gasteiger partial charge in [0.2, 0.25) is 5.88 Å². The van der Waals surface area contributed by atoms with Gasteiger partial charge in [0.25, 0.3) is 5.56 Å². The van der Waals surface area contributed by atoms with E-state index in [9.17, 15) is 9.59 Å². The first kappa shape index (κ1) is 16.0. The van der Waals surface area contributed by atoms with Gasteiger partial charge in [0, 0.05) is 45.4 Å². The van der Waals surface area contributed by atoms with Crippen LogP contribution in [-0.4, -0.2) is 45.6 Å². The van der Waals surface area contributed by atoms with Crippen LogP contribution < -0.4 is 26.2 Å². The minimum Gasteiger partial charge on any atom is -0.480 e. The van der Waals surface area contributed by atoms with Gasteiger partial charge in [-0.25, -0.2) is 4.79 Å². The SMILES string of the molecule is COc1ccc(N[C@H]2CCN(c3cc(=O)n(C)c(=O)n3C)C2)nn1. The zero-order valence-corrected chi connectivity index (χ0v) is 13.9. The molecule has 0 saturated carbocycles. The van der Waals surface area contributed by atoms with E-state index in [4.69, 9.17) is 4.74 Å². The minimum atomic E-state index is -0.324. The van der Waals surface area contributed by atoms with E-state index in [1.54, 1.807) is 20.2 Å². The number of rotatable bonds is 4. The summed E-state index contributed by atoms with van der Waals surface area (Å²) >= 11 is 0. The van der Waals surface area contributed by atoms with Gasteiger partial charge in [-0.15, -0.1) is 10.2 Å². The second kappa shape index (κ2) is 6.34. The van der Waals surface area contributed by atoms with Crippen LogP contribution in [0, 0.1) is 0 Å². The van der Waals surface area contributed by atoms with Crippen LogP contribution in [0.3, 0.4) is 0 Å². The molecule has 1 atom stereocenters. The summed E-state index contributed by atoms with van der Waals surface area (Å²) < 4.78 is 7.58. The van der Waals surface area contributed by atoms with Crippen molar-refractivity contribution < 1.29 is 4.74 Å². The lowest BCUT2D eigenvalue weighted by Gasteiger charge is -2.21. The van der Waals surface area contributed by atoms with Crippen LogP contribution in [0.4, 0.5) is 11.6 Å². The highest BCUT2D eigenvalue weighted by Crippen LogP contribution is 2.20. The van der Waals surface area contributed by atoms with E-state index in [0.29, 0.717) is 24.1 Å². The second-order valence-corrected chi connectivity index (χ2v) is 5.78. The molecule has 128 valence electrons. The van der Waals surface area contributed by atoms with Gasteiger partial charge in [0.05, 0.1) is 7.11 Å². The third-order valence-electron chi connectivity index (χ3n) is 4.21. The zero-order valence-electron chi connectivity index (χ0n) is 13.9. The molecule has 1 N–H and O–H groups in total. The lowest BCUT2D eigenvalue weighted by Crippen LogP contribution is -2.40. The van der Waals surface area contributed by atoms with Gasteiger partial charge < -0.3 is 15.0 Å². The third-order valence-corrected chi connectivity index (χ3v) is 4.21. The largest absolute Gasteiger partial charge is 0.480 e. The maximum absolute atomic E-state index is 12.1. The smallest absolute Gasteiger partial charge is 0.332 e. The average Bonchev–Trinajstić information content (AvgIpc) is 3.05. The van der Waals surface area contributed by atoms with Gasteiger partial charge in [-0.2, -0.15) is 0 Å². The number of aromatic nitrogens is 4. The maximum Gasteiger partial charge on any atom is 0.332 e. The average molecular weight is 332 g/mol. The number of hydrogen-bond donors (Lipinski definition) is 1. The predicted molar refractivity (Wildman–Crippen MR) is 89.7 cm³/mol. The Morgan fingerprint density at radius 3 is 2.67 bits per heavy atom. The lowest BCUT2D eigenvalue weighted by atomic mass is 10.2. The van der Waals surface area contributed by atoms with Crippen molar-refractivity contribution in [2.24, 2.45) is 14.1 Å². The summed E-state index contributed by atoms with van der Waals surface area (Å²) in [5.41, 5.74) is -0.625. The molecule has 2 aromatic heterocycles. The van der Waals surface area contributed by atoms with Crippen molar-refractivity contribution in [3.05, 3.63) is 39.0 Å². The molecule has 1 fully saturated rings.